The van der Waals surface area contributed by atoms with Gasteiger partial charge in [0.25, 0.3) is 5.91 Å². The van der Waals surface area contributed by atoms with Gasteiger partial charge in [-0.3, -0.25) is 9.69 Å². The van der Waals surface area contributed by atoms with E-state index in [0.717, 1.165) is 32.5 Å². The van der Waals surface area contributed by atoms with E-state index in [4.69, 9.17) is 4.74 Å². The quantitative estimate of drug-likeness (QED) is 0.821. The van der Waals surface area contributed by atoms with Gasteiger partial charge in [-0.1, -0.05) is 36.4 Å². The molecule has 0 aliphatic carbocycles. The van der Waals surface area contributed by atoms with Crippen molar-refractivity contribution >= 4 is 22.8 Å². The van der Waals surface area contributed by atoms with Crippen molar-refractivity contribution in [3.63, 3.8) is 0 Å². The molecule has 2 aromatic rings. The van der Waals surface area contributed by atoms with Crippen LogP contribution in [0.1, 0.15) is 18.4 Å². The fourth-order valence-electron chi connectivity index (χ4n) is 3.43. The summed E-state index contributed by atoms with van der Waals surface area (Å²) in [6, 6.07) is 15.1. The molecule has 6 heteroatoms. The van der Waals surface area contributed by atoms with Crippen molar-refractivity contribution in [2.24, 2.45) is 5.92 Å². The molecule has 27 heavy (non-hydrogen) atoms. The Balaban J connectivity index is 1.39. The Hall–Kier alpha value is -2.60. The van der Waals surface area contributed by atoms with Crippen LogP contribution in [0.25, 0.3) is 10.8 Å². The predicted molar refractivity (Wildman–Crippen MR) is 105 cm³/mol. The number of benzene rings is 2. The van der Waals surface area contributed by atoms with E-state index in [2.05, 4.69) is 58.0 Å². The van der Waals surface area contributed by atoms with Crippen molar-refractivity contribution in [3.05, 3.63) is 48.0 Å². The minimum absolute atomic E-state index is 0.244. The van der Waals surface area contributed by atoms with Gasteiger partial charge in [-0.2, -0.15) is 0 Å². The largest absolute Gasteiger partial charge is 0.439 e. The maximum absolute atomic E-state index is 11.6. The van der Waals surface area contributed by atoms with E-state index in [1.807, 2.05) is 0 Å². The SMILES string of the molecule is CNC(=O)COC(=O)NCC1CCN(Cc2ccc3ccccc3c2)CC1. The highest BCUT2D eigenvalue weighted by Gasteiger charge is 2.20. The number of carbonyl (C=O) groups excluding carboxylic acids is 2. The molecular formula is C21H27N3O3. The van der Waals surface area contributed by atoms with Gasteiger partial charge in [0.2, 0.25) is 0 Å². The summed E-state index contributed by atoms with van der Waals surface area (Å²) in [6.45, 7) is 3.35. The first kappa shape index (κ1) is 19.2. The second-order valence-electron chi connectivity index (χ2n) is 7.03. The summed E-state index contributed by atoms with van der Waals surface area (Å²) < 4.78 is 4.85. The fourth-order valence-corrected chi connectivity index (χ4v) is 3.43. The van der Waals surface area contributed by atoms with Crippen LogP contribution in [-0.4, -0.2) is 50.2 Å². The van der Waals surface area contributed by atoms with Crippen molar-refractivity contribution in [2.45, 2.75) is 19.4 Å². The number of rotatable bonds is 6. The molecule has 0 radical (unpaired) electrons. The Morgan fingerprint density at radius 2 is 1.85 bits per heavy atom. The second-order valence-corrected chi connectivity index (χ2v) is 7.03. The van der Waals surface area contributed by atoms with Gasteiger partial charge in [-0.05, 0) is 54.3 Å². The number of carbonyl (C=O) groups is 2. The Morgan fingerprint density at radius 1 is 1.11 bits per heavy atom. The van der Waals surface area contributed by atoms with Crippen molar-refractivity contribution in [1.82, 2.24) is 15.5 Å². The van der Waals surface area contributed by atoms with E-state index >= 15 is 0 Å². The molecule has 0 bridgehead atoms. The monoisotopic (exact) mass is 369 g/mol. The molecule has 1 aliphatic rings. The number of fused-ring (bicyclic) bond motifs is 1. The maximum Gasteiger partial charge on any atom is 0.407 e. The third-order valence-electron chi connectivity index (χ3n) is 5.08. The van der Waals surface area contributed by atoms with Crippen LogP contribution in [0.3, 0.4) is 0 Å². The average molecular weight is 369 g/mol. The lowest BCUT2D eigenvalue weighted by atomic mass is 9.96. The van der Waals surface area contributed by atoms with Crippen LogP contribution in [0, 0.1) is 5.92 Å². The van der Waals surface area contributed by atoms with Gasteiger partial charge in [-0.15, -0.1) is 0 Å². The molecule has 2 N–H and O–H groups in total. The lowest BCUT2D eigenvalue weighted by Gasteiger charge is -2.32. The number of likely N-dealkylation sites (tertiary alicyclic amines) is 1. The summed E-state index contributed by atoms with van der Waals surface area (Å²) in [6.07, 6.45) is 1.56. The molecule has 1 aliphatic heterocycles. The highest BCUT2D eigenvalue weighted by Crippen LogP contribution is 2.21. The van der Waals surface area contributed by atoms with Gasteiger partial charge < -0.3 is 15.4 Å². The van der Waals surface area contributed by atoms with E-state index in [1.165, 1.54) is 23.4 Å². The lowest BCUT2D eigenvalue weighted by molar-refractivity contribution is -0.123. The number of nitrogens with zero attached hydrogens (tertiary/aromatic N) is 1. The third kappa shape index (κ3) is 5.69. The van der Waals surface area contributed by atoms with Crippen LogP contribution >= 0.6 is 0 Å². The Bertz CT molecular complexity index is 785. The summed E-state index contributed by atoms with van der Waals surface area (Å²) in [4.78, 5) is 25.1. The molecule has 1 heterocycles. The van der Waals surface area contributed by atoms with Crippen LogP contribution in [0.2, 0.25) is 0 Å². The van der Waals surface area contributed by atoms with Gasteiger partial charge in [0.1, 0.15) is 0 Å². The van der Waals surface area contributed by atoms with Crippen molar-refractivity contribution in [3.8, 4) is 0 Å². The summed E-state index contributed by atoms with van der Waals surface area (Å²) in [5, 5.41) is 7.72. The molecule has 0 saturated carbocycles. The minimum Gasteiger partial charge on any atom is -0.439 e. The third-order valence-corrected chi connectivity index (χ3v) is 5.08. The number of nitrogens with one attached hydrogen (secondary N) is 2. The van der Waals surface area contributed by atoms with Crippen LogP contribution in [0.15, 0.2) is 42.5 Å². The second kappa shape index (κ2) is 9.37. The standard InChI is InChI=1S/C21H27N3O3/c1-22-20(25)15-27-21(26)23-13-16-8-10-24(11-9-16)14-17-6-7-18-4-2-3-5-19(18)12-17/h2-7,12,16H,8-11,13-15H2,1H3,(H,22,25)(H,23,26). The number of hydrogen-bond acceptors (Lipinski definition) is 4. The van der Waals surface area contributed by atoms with Crippen LogP contribution in [0.4, 0.5) is 4.79 Å². The van der Waals surface area contributed by atoms with Gasteiger partial charge in [0.05, 0.1) is 0 Å². The summed E-state index contributed by atoms with van der Waals surface area (Å²) in [5.41, 5.74) is 1.34. The first-order valence-corrected chi connectivity index (χ1v) is 9.45. The molecule has 0 spiro atoms. The zero-order valence-electron chi connectivity index (χ0n) is 15.7. The highest BCUT2D eigenvalue weighted by atomic mass is 16.6. The Morgan fingerprint density at radius 3 is 2.59 bits per heavy atom. The molecule has 2 amide bonds. The molecular weight excluding hydrogens is 342 g/mol. The number of piperidine rings is 1. The lowest BCUT2D eigenvalue weighted by Crippen LogP contribution is -2.39. The fraction of sp³-hybridized carbons (Fsp3) is 0.429. The molecule has 1 saturated heterocycles. The van der Waals surface area contributed by atoms with E-state index in [9.17, 15) is 9.59 Å². The predicted octanol–water partition coefficient (Wildman–Crippen LogP) is 2.52. The van der Waals surface area contributed by atoms with Crippen LogP contribution in [-0.2, 0) is 16.1 Å². The number of alkyl carbamates (subject to hydrolysis) is 1. The van der Waals surface area contributed by atoms with E-state index in [-0.39, 0.29) is 12.5 Å². The summed E-state index contributed by atoms with van der Waals surface area (Å²) in [5.74, 6) is 0.137. The summed E-state index contributed by atoms with van der Waals surface area (Å²) >= 11 is 0. The number of amides is 2. The molecule has 1 fully saturated rings. The van der Waals surface area contributed by atoms with Crippen LogP contribution in [0.5, 0.6) is 0 Å². The summed E-state index contributed by atoms with van der Waals surface area (Å²) in [7, 11) is 1.51. The first-order valence-electron chi connectivity index (χ1n) is 9.45. The zero-order chi connectivity index (χ0) is 19.1. The topological polar surface area (TPSA) is 70.7 Å². The molecule has 2 aromatic carbocycles. The van der Waals surface area contributed by atoms with Crippen molar-refractivity contribution < 1.29 is 14.3 Å². The minimum atomic E-state index is -0.530. The van der Waals surface area contributed by atoms with E-state index in [0.29, 0.717) is 12.5 Å². The molecule has 0 unspecified atom stereocenters. The van der Waals surface area contributed by atoms with Crippen LogP contribution < -0.4 is 10.6 Å². The number of ether oxygens (including phenoxy) is 1. The molecule has 3 rings (SSSR count). The van der Waals surface area contributed by atoms with Crippen molar-refractivity contribution in [1.29, 1.82) is 0 Å². The molecule has 6 nitrogen and oxygen atoms in total. The Kier molecular flexibility index (Phi) is 6.65. The molecule has 144 valence electrons. The normalized spacial score (nSPS) is 15.4. The first-order chi connectivity index (χ1) is 13.1. The zero-order valence-corrected chi connectivity index (χ0v) is 15.7. The smallest absolute Gasteiger partial charge is 0.407 e. The Labute approximate surface area is 159 Å². The number of hydrogen-bond donors (Lipinski definition) is 2. The van der Waals surface area contributed by atoms with Gasteiger partial charge in [0.15, 0.2) is 6.61 Å². The number of likely N-dealkylation sites (N-methyl/N-ethyl adjacent to an activating group) is 1. The average Bonchev–Trinajstić information content (AvgIpc) is 2.71. The highest BCUT2D eigenvalue weighted by molar-refractivity contribution is 5.83. The van der Waals surface area contributed by atoms with Gasteiger partial charge in [-0.25, -0.2) is 4.79 Å². The molecule has 0 aromatic heterocycles. The van der Waals surface area contributed by atoms with E-state index in [1.54, 1.807) is 0 Å². The van der Waals surface area contributed by atoms with E-state index < -0.39 is 6.09 Å². The van der Waals surface area contributed by atoms with Gasteiger partial charge >= 0.3 is 6.09 Å². The van der Waals surface area contributed by atoms with Gasteiger partial charge in [0, 0.05) is 20.1 Å². The molecule has 0 atom stereocenters. The maximum atomic E-state index is 11.6. The van der Waals surface area contributed by atoms with Crippen molar-refractivity contribution in [2.75, 3.05) is 33.3 Å².